The molecule has 3 aromatic rings. The summed E-state index contributed by atoms with van der Waals surface area (Å²) in [4.78, 5) is 12.6. The maximum absolute atomic E-state index is 12.9. The molecule has 1 amide bonds. The molecule has 0 aliphatic rings. The van der Waals surface area contributed by atoms with Crippen LogP contribution in [0.3, 0.4) is 0 Å². The van der Waals surface area contributed by atoms with E-state index in [2.05, 4.69) is 5.32 Å². The zero-order chi connectivity index (χ0) is 23.5. The number of benzene rings is 2. The average molecular weight is 499 g/mol. The van der Waals surface area contributed by atoms with Crippen LogP contribution in [-0.4, -0.2) is 10.5 Å². The van der Waals surface area contributed by atoms with Crippen molar-refractivity contribution in [1.82, 2.24) is 4.57 Å². The molecule has 1 aromatic heterocycles. The van der Waals surface area contributed by atoms with Crippen LogP contribution in [0.4, 0.5) is 18.9 Å². The van der Waals surface area contributed by atoms with Crippen molar-refractivity contribution in [3.8, 4) is 6.07 Å². The second-order valence-corrected chi connectivity index (χ2v) is 7.86. The molecule has 2 aromatic carbocycles. The van der Waals surface area contributed by atoms with E-state index in [1.807, 2.05) is 0 Å². The van der Waals surface area contributed by atoms with E-state index in [-0.39, 0.29) is 16.3 Å². The van der Waals surface area contributed by atoms with E-state index >= 15 is 0 Å². The molecule has 0 spiro atoms. The molecule has 0 radical (unpaired) electrons. The summed E-state index contributed by atoms with van der Waals surface area (Å²) in [6.45, 7) is 0.342. The van der Waals surface area contributed by atoms with Crippen LogP contribution in [0.1, 0.15) is 16.8 Å². The van der Waals surface area contributed by atoms with Gasteiger partial charge >= 0.3 is 6.18 Å². The molecule has 1 N–H and O–H groups in total. The number of hydrogen-bond donors (Lipinski definition) is 1. The predicted molar refractivity (Wildman–Crippen MR) is 119 cm³/mol. The molecule has 4 nitrogen and oxygen atoms in total. The zero-order valence-corrected chi connectivity index (χ0v) is 18.3. The first-order chi connectivity index (χ1) is 15.1. The standard InChI is InChI=1S/C22H13Cl3F3N3O/c23-16-5-3-13(19(25)10-16)12-31-7-1-2-17(31)8-14(11-29)21(32)30-20-9-15(22(26,27)28)4-6-18(20)24/h1-10H,12H2,(H,30,32)/b14-8+. The predicted octanol–water partition coefficient (Wildman–Crippen LogP) is 7.06. The molecule has 10 heteroatoms. The third-order valence-electron chi connectivity index (χ3n) is 4.42. The highest BCUT2D eigenvalue weighted by Crippen LogP contribution is 2.34. The summed E-state index contributed by atoms with van der Waals surface area (Å²) in [7, 11) is 0. The highest BCUT2D eigenvalue weighted by Gasteiger charge is 2.31. The van der Waals surface area contributed by atoms with Crippen molar-refractivity contribution in [2.24, 2.45) is 0 Å². The summed E-state index contributed by atoms with van der Waals surface area (Å²) >= 11 is 18.0. The number of carbonyl (C=O) groups excluding carboxylic acids is 1. The molecule has 0 aliphatic carbocycles. The fourth-order valence-electron chi connectivity index (χ4n) is 2.82. The highest BCUT2D eigenvalue weighted by atomic mass is 35.5. The number of carbonyl (C=O) groups is 1. The van der Waals surface area contributed by atoms with Crippen molar-refractivity contribution >= 4 is 52.5 Å². The summed E-state index contributed by atoms with van der Waals surface area (Å²) in [5.41, 5.74) is -0.275. The molecule has 0 aliphatic heterocycles. The van der Waals surface area contributed by atoms with E-state index in [0.717, 1.165) is 17.7 Å². The van der Waals surface area contributed by atoms with Crippen LogP contribution in [0.15, 0.2) is 60.3 Å². The maximum Gasteiger partial charge on any atom is 0.416 e. The average Bonchev–Trinajstić information content (AvgIpc) is 3.15. The zero-order valence-electron chi connectivity index (χ0n) is 16.1. The number of nitrogens with one attached hydrogen (secondary N) is 1. The van der Waals surface area contributed by atoms with E-state index in [4.69, 9.17) is 34.8 Å². The number of alkyl halides is 3. The SMILES string of the molecule is N#C/C(=C\c1cccn1Cc1ccc(Cl)cc1Cl)C(=O)Nc1cc(C(F)(F)F)ccc1Cl. The molecule has 32 heavy (non-hydrogen) atoms. The van der Waals surface area contributed by atoms with E-state index in [1.165, 1.54) is 6.08 Å². The minimum absolute atomic E-state index is 0.0932. The second kappa shape index (κ2) is 9.70. The lowest BCUT2D eigenvalue weighted by Crippen LogP contribution is -2.15. The number of amides is 1. The Morgan fingerprint density at radius 2 is 1.84 bits per heavy atom. The van der Waals surface area contributed by atoms with Gasteiger partial charge in [0.25, 0.3) is 5.91 Å². The van der Waals surface area contributed by atoms with Gasteiger partial charge in [-0.05, 0) is 54.1 Å². The summed E-state index contributed by atoms with van der Waals surface area (Å²) in [6, 6.07) is 12.7. The first-order valence-corrected chi connectivity index (χ1v) is 10.1. The first-order valence-electron chi connectivity index (χ1n) is 8.97. The summed E-state index contributed by atoms with van der Waals surface area (Å²) < 4.78 is 40.6. The van der Waals surface area contributed by atoms with Crippen molar-refractivity contribution < 1.29 is 18.0 Å². The minimum Gasteiger partial charge on any atom is -0.343 e. The van der Waals surface area contributed by atoms with E-state index in [1.54, 1.807) is 47.2 Å². The fourth-order valence-corrected chi connectivity index (χ4v) is 3.45. The Labute approximate surface area is 196 Å². The Hall–Kier alpha value is -2.92. The lowest BCUT2D eigenvalue weighted by Gasteiger charge is -2.12. The molecule has 0 atom stereocenters. The van der Waals surface area contributed by atoms with E-state index in [9.17, 15) is 23.2 Å². The Morgan fingerprint density at radius 1 is 1.09 bits per heavy atom. The van der Waals surface area contributed by atoms with Gasteiger partial charge in [0.2, 0.25) is 0 Å². The second-order valence-electron chi connectivity index (χ2n) is 6.61. The van der Waals surface area contributed by atoms with Crippen LogP contribution in [0, 0.1) is 11.3 Å². The molecular weight excluding hydrogens is 486 g/mol. The number of aromatic nitrogens is 1. The number of anilines is 1. The van der Waals surface area contributed by atoms with Gasteiger partial charge in [0, 0.05) is 28.5 Å². The van der Waals surface area contributed by atoms with Crippen molar-refractivity contribution in [2.45, 2.75) is 12.7 Å². The molecule has 0 unspecified atom stereocenters. The van der Waals surface area contributed by atoms with Gasteiger partial charge in [-0.25, -0.2) is 0 Å². The third-order valence-corrected chi connectivity index (χ3v) is 5.34. The summed E-state index contributed by atoms with van der Waals surface area (Å²) in [5.74, 6) is -0.897. The smallest absolute Gasteiger partial charge is 0.343 e. The lowest BCUT2D eigenvalue weighted by molar-refractivity contribution is -0.137. The number of rotatable bonds is 5. The fraction of sp³-hybridized carbons (Fsp3) is 0.0909. The van der Waals surface area contributed by atoms with Gasteiger partial charge in [0.05, 0.1) is 16.3 Å². The van der Waals surface area contributed by atoms with Gasteiger partial charge in [-0.3, -0.25) is 4.79 Å². The van der Waals surface area contributed by atoms with Gasteiger partial charge in [-0.2, -0.15) is 18.4 Å². The molecule has 3 rings (SSSR count). The largest absolute Gasteiger partial charge is 0.416 e. The topological polar surface area (TPSA) is 57.8 Å². The van der Waals surface area contributed by atoms with Crippen molar-refractivity contribution in [3.63, 3.8) is 0 Å². The monoisotopic (exact) mass is 497 g/mol. The van der Waals surface area contributed by atoms with Crippen LogP contribution in [0.5, 0.6) is 0 Å². The van der Waals surface area contributed by atoms with Crippen molar-refractivity contribution in [2.75, 3.05) is 5.32 Å². The van der Waals surface area contributed by atoms with Gasteiger partial charge in [0.1, 0.15) is 11.6 Å². The van der Waals surface area contributed by atoms with Crippen molar-refractivity contribution in [1.29, 1.82) is 5.26 Å². The normalized spacial score (nSPS) is 11.8. The van der Waals surface area contributed by atoms with Gasteiger partial charge in [-0.15, -0.1) is 0 Å². The van der Waals surface area contributed by atoms with Gasteiger partial charge < -0.3 is 9.88 Å². The molecule has 0 saturated heterocycles. The summed E-state index contributed by atoms with van der Waals surface area (Å²) in [5, 5.41) is 12.6. The highest BCUT2D eigenvalue weighted by molar-refractivity contribution is 6.35. The molecule has 164 valence electrons. The Bertz CT molecular complexity index is 1240. The number of halogens is 6. The van der Waals surface area contributed by atoms with Crippen LogP contribution in [0.25, 0.3) is 6.08 Å². The molecular formula is C22H13Cl3F3N3O. The maximum atomic E-state index is 12.9. The van der Waals surface area contributed by atoms with Crippen LogP contribution in [-0.2, 0) is 17.5 Å². The number of nitriles is 1. The first kappa shape index (κ1) is 23.7. The molecule has 0 fully saturated rings. The Morgan fingerprint density at radius 3 is 2.50 bits per heavy atom. The van der Waals surface area contributed by atoms with Crippen LogP contribution in [0.2, 0.25) is 15.1 Å². The Kier molecular flexibility index (Phi) is 7.19. The van der Waals surface area contributed by atoms with E-state index < -0.39 is 17.6 Å². The van der Waals surface area contributed by atoms with Gasteiger partial charge in [0.15, 0.2) is 0 Å². The number of nitrogens with zero attached hydrogens (tertiary/aromatic N) is 2. The molecule has 0 bridgehead atoms. The number of hydrogen-bond acceptors (Lipinski definition) is 2. The quantitative estimate of drug-likeness (QED) is 0.302. The van der Waals surface area contributed by atoms with Gasteiger partial charge in [-0.1, -0.05) is 40.9 Å². The third kappa shape index (κ3) is 5.65. The molecule has 1 heterocycles. The van der Waals surface area contributed by atoms with Crippen molar-refractivity contribution in [3.05, 3.63) is 92.2 Å². The lowest BCUT2D eigenvalue weighted by atomic mass is 10.1. The van der Waals surface area contributed by atoms with Crippen LogP contribution < -0.4 is 5.32 Å². The molecule has 0 saturated carbocycles. The summed E-state index contributed by atoms with van der Waals surface area (Å²) in [6.07, 6.45) is -1.56. The van der Waals surface area contributed by atoms with E-state index in [0.29, 0.717) is 28.4 Å². The van der Waals surface area contributed by atoms with Crippen LogP contribution >= 0.6 is 34.8 Å². The minimum atomic E-state index is -4.61. The Balaban J connectivity index is 1.85.